The van der Waals surface area contributed by atoms with Gasteiger partial charge in [0.25, 0.3) is 0 Å². The molecule has 2 heterocycles. The lowest BCUT2D eigenvalue weighted by molar-refractivity contribution is -0.115. The molecule has 0 saturated heterocycles. The van der Waals surface area contributed by atoms with Gasteiger partial charge in [-0.05, 0) is 24.3 Å². The molecule has 8 nitrogen and oxygen atoms in total. The highest BCUT2D eigenvalue weighted by Crippen LogP contribution is 2.38. The quantitative estimate of drug-likeness (QED) is 0.451. The average molecular weight is 489 g/mol. The van der Waals surface area contributed by atoms with Crippen LogP contribution in [0.5, 0.6) is 17.2 Å². The molecule has 0 spiro atoms. The average Bonchev–Trinajstić information content (AvgIpc) is 3.12. The van der Waals surface area contributed by atoms with E-state index in [0.717, 1.165) is 6.42 Å². The van der Waals surface area contributed by atoms with Crippen molar-refractivity contribution in [3.63, 3.8) is 0 Å². The van der Waals surface area contributed by atoms with Crippen molar-refractivity contribution in [3.05, 3.63) is 58.1 Å². The van der Waals surface area contributed by atoms with Gasteiger partial charge in [-0.2, -0.15) is 0 Å². The molecule has 33 heavy (non-hydrogen) atoms. The molecule has 1 aliphatic rings. The Kier molecular flexibility index (Phi) is 7.00. The molecule has 0 atom stereocenters. The number of thiazole rings is 1. The maximum Gasteiger partial charge on any atom is 0.338 e. The molecule has 0 fully saturated rings. The Morgan fingerprint density at radius 1 is 1.21 bits per heavy atom. The number of methoxy groups -OCH3 is 1. The van der Waals surface area contributed by atoms with Crippen LogP contribution in [0.3, 0.4) is 0 Å². The molecular formula is C23H21ClN2O6S. The first kappa shape index (κ1) is 22.9. The zero-order chi connectivity index (χ0) is 23.4. The fourth-order valence-corrected chi connectivity index (χ4v) is 4.39. The van der Waals surface area contributed by atoms with Crippen LogP contribution in [-0.2, 0) is 16.1 Å². The molecule has 0 N–H and O–H groups in total. The van der Waals surface area contributed by atoms with Crippen molar-refractivity contribution in [2.75, 3.05) is 25.2 Å². The van der Waals surface area contributed by atoms with Gasteiger partial charge in [-0.3, -0.25) is 9.69 Å². The number of benzene rings is 2. The number of halogens is 1. The van der Waals surface area contributed by atoms with Crippen LogP contribution in [0.4, 0.5) is 10.8 Å². The van der Waals surface area contributed by atoms with Crippen molar-refractivity contribution in [1.29, 1.82) is 0 Å². The Morgan fingerprint density at radius 3 is 2.79 bits per heavy atom. The van der Waals surface area contributed by atoms with Gasteiger partial charge >= 0.3 is 5.97 Å². The second-order valence-corrected chi connectivity index (χ2v) is 8.30. The fraction of sp³-hybridized carbons (Fsp3) is 0.261. The number of esters is 1. The molecule has 0 radical (unpaired) electrons. The highest BCUT2D eigenvalue weighted by Gasteiger charge is 2.22. The van der Waals surface area contributed by atoms with E-state index < -0.39 is 5.97 Å². The van der Waals surface area contributed by atoms with E-state index in [-0.39, 0.29) is 23.1 Å². The third-order valence-corrected chi connectivity index (χ3v) is 5.92. The number of aromatic nitrogens is 1. The zero-order valence-corrected chi connectivity index (χ0v) is 19.6. The van der Waals surface area contributed by atoms with Gasteiger partial charge in [0.1, 0.15) is 12.4 Å². The minimum absolute atomic E-state index is 0.0704. The topological polar surface area (TPSA) is 87.2 Å². The SMILES string of the molecule is COc1ccccc1N(C(C)=O)c1nc(COC(=O)c2cc(Cl)c3c(c2)OCCCO3)cs1. The molecule has 0 aliphatic carbocycles. The zero-order valence-electron chi connectivity index (χ0n) is 18.0. The van der Waals surface area contributed by atoms with E-state index in [4.69, 9.17) is 30.5 Å². The summed E-state index contributed by atoms with van der Waals surface area (Å²) in [4.78, 5) is 30.9. The number of rotatable bonds is 6. The van der Waals surface area contributed by atoms with Crippen molar-refractivity contribution in [3.8, 4) is 17.2 Å². The van der Waals surface area contributed by atoms with Crippen LogP contribution >= 0.6 is 22.9 Å². The van der Waals surface area contributed by atoms with E-state index in [1.807, 2.05) is 12.1 Å². The van der Waals surface area contributed by atoms with Gasteiger partial charge in [-0.15, -0.1) is 11.3 Å². The van der Waals surface area contributed by atoms with Crippen molar-refractivity contribution < 1.29 is 28.5 Å². The van der Waals surface area contributed by atoms with Crippen molar-refractivity contribution >= 4 is 45.6 Å². The number of carbonyl (C=O) groups excluding carboxylic acids is 2. The smallest absolute Gasteiger partial charge is 0.338 e. The van der Waals surface area contributed by atoms with Gasteiger partial charge in [0.2, 0.25) is 5.91 Å². The lowest BCUT2D eigenvalue weighted by atomic mass is 10.2. The van der Waals surface area contributed by atoms with Gasteiger partial charge < -0.3 is 18.9 Å². The van der Waals surface area contributed by atoms with Gasteiger partial charge in [0.05, 0.1) is 42.3 Å². The summed E-state index contributed by atoms with van der Waals surface area (Å²) in [7, 11) is 1.54. The summed E-state index contributed by atoms with van der Waals surface area (Å²) in [6, 6.07) is 10.2. The number of hydrogen-bond acceptors (Lipinski definition) is 8. The van der Waals surface area contributed by atoms with Crippen LogP contribution in [0.1, 0.15) is 29.4 Å². The fourth-order valence-electron chi connectivity index (χ4n) is 3.26. The number of ether oxygens (including phenoxy) is 4. The molecule has 10 heteroatoms. The predicted octanol–water partition coefficient (Wildman–Crippen LogP) is 5.01. The molecule has 172 valence electrons. The van der Waals surface area contributed by atoms with Crippen LogP contribution in [-0.4, -0.2) is 37.2 Å². The first-order valence-corrected chi connectivity index (χ1v) is 11.4. The van der Waals surface area contributed by atoms with Gasteiger partial charge in [-0.1, -0.05) is 23.7 Å². The number of amides is 1. The van der Waals surface area contributed by atoms with E-state index in [2.05, 4.69) is 4.98 Å². The lowest BCUT2D eigenvalue weighted by Gasteiger charge is -2.20. The molecule has 0 bridgehead atoms. The van der Waals surface area contributed by atoms with E-state index in [1.54, 1.807) is 23.6 Å². The summed E-state index contributed by atoms with van der Waals surface area (Å²) in [6.45, 7) is 2.34. The van der Waals surface area contributed by atoms with Gasteiger partial charge in [0, 0.05) is 18.7 Å². The largest absolute Gasteiger partial charge is 0.495 e. The number of hydrogen-bond donors (Lipinski definition) is 0. The normalized spacial score (nSPS) is 12.6. The first-order valence-electron chi connectivity index (χ1n) is 10.1. The number of para-hydroxylation sites is 2. The molecule has 3 aromatic rings. The highest BCUT2D eigenvalue weighted by molar-refractivity contribution is 7.14. The van der Waals surface area contributed by atoms with E-state index in [1.165, 1.54) is 36.3 Å². The van der Waals surface area contributed by atoms with Crippen molar-refractivity contribution in [2.24, 2.45) is 0 Å². The molecule has 2 aromatic carbocycles. The van der Waals surface area contributed by atoms with E-state index >= 15 is 0 Å². The summed E-state index contributed by atoms with van der Waals surface area (Å²) in [5, 5.41) is 2.46. The third-order valence-electron chi connectivity index (χ3n) is 4.76. The highest BCUT2D eigenvalue weighted by atomic mass is 35.5. The molecular weight excluding hydrogens is 468 g/mol. The van der Waals surface area contributed by atoms with Crippen LogP contribution < -0.4 is 19.1 Å². The van der Waals surface area contributed by atoms with Crippen LogP contribution in [0.2, 0.25) is 5.02 Å². The lowest BCUT2D eigenvalue weighted by Crippen LogP contribution is -2.23. The maximum atomic E-state index is 12.6. The first-order chi connectivity index (χ1) is 16.0. The van der Waals surface area contributed by atoms with Crippen LogP contribution in [0.15, 0.2) is 41.8 Å². The number of fused-ring (bicyclic) bond motifs is 1. The monoisotopic (exact) mass is 488 g/mol. The summed E-state index contributed by atoms with van der Waals surface area (Å²) in [5.74, 6) is 0.587. The summed E-state index contributed by atoms with van der Waals surface area (Å²) in [6.07, 6.45) is 0.725. The Labute approximate surface area is 199 Å². The third kappa shape index (κ3) is 5.04. The summed E-state index contributed by atoms with van der Waals surface area (Å²) < 4.78 is 22.0. The number of anilines is 2. The minimum atomic E-state index is -0.574. The summed E-state index contributed by atoms with van der Waals surface area (Å²) in [5.41, 5.74) is 1.33. The Morgan fingerprint density at radius 2 is 2.00 bits per heavy atom. The van der Waals surface area contributed by atoms with E-state index in [9.17, 15) is 9.59 Å². The van der Waals surface area contributed by atoms with Crippen LogP contribution in [0, 0.1) is 0 Å². The number of carbonyl (C=O) groups is 2. The van der Waals surface area contributed by atoms with Gasteiger partial charge in [-0.25, -0.2) is 9.78 Å². The van der Waals surface area contributed by atoms with Crippen molar-refractivity contribution in [1.82, 2.24) is 4.98 Å². The second kappa shape index (κ2) is 10.1. The van der Waals surface area contributed by atoms with Crippen molar-refractivity contribution in [2.45, 2.75) is 20.0 Å². The molecule has 1 amide bonds. The molecule has 0 unspecified atom stereocenters. The molecule has 1 aliphatic heterocycles. The Hall–Kier alpha value is -3.30. The molecule has 4 rings (SSSR count). The summed E-state index contributed by atoms with van der Waals surface area (Å²) >= 11 is 7.52. The predicted molar refractivity (Wildman–Crippen MR) is 124 cm³/mol. The standard InChI is InChI=1S/C23H21ClN2O6S/c1-14(27)26(18-6-3-4-7-19(18)29-2)23-25-16(13-33-23)12-32-22(28)15-10-17(24)21-20(11-15)30-8-5-9-31-21/h3-4,6-7,10-11,13H,5,8-9,12H2,1-2H3. The Bertz CT molecular complexity index is 1180. The number of nitrogens with zero attached hydrogens (tertiary/aromatic N) is 2. The minimum Gasteiger partial charge on any atom is -0.495 e. The molecule has 1 aromatic heterocycles. The Balaban J connectivity index is 1.49. The molecule has 0 saturated carbocycles. The van der Waals surface area contributed by atoms with Gasteiger partial charge in [0.15, 0.2) is 16.6 Å². The second-order valence-electron chi connectivity index (χ2n) is 7.06. The van der Waals surface area contributed by atoms with Crippen LogP contribution in [0.25, 0.3) is 0 Å². The van der Waals surface area contributed by atoms with E-state index in [0.29, 0.717) is 47.0 Å². The maximum absolute atomic E-state index is 12.6.